The summed E-state index contributed by atoms with van der Waals surface area (Å²) in [4.78, 5) is 19.2. The van der Waals surface area contributed by atoms with Crippen molar-refractivity contribution in [3.05, 3.63) is 49.6 Å². The van der Waals surface area contributed by atoms with Crippen LogP contribution in [0.1, 0.15) is 24.0 Å². The molecule has 0 aliphatic rings. The van der Waals surface area contributed by atoms with Gasteiger partial charge in [0.05, 0.1) is 16.3 Å². The van der Waals surface area contributed by atoms with Gasteiger partial charge in [-0.1, -0.05) is 12.1 Å². The molecule has 0 heterocycles. The highest BCUT2D eigenvalue weighted by Crippen LogP contribution is 2.18. The van der Waals surface area contributed by atoms with Crippen LogP contribution in [0.15, 0.2) is 18.2 Å². The second kappa shape index (κ2) is 6.67. The second-order valence-electron chi connectivity index (χ2n) is 4.37. The van der Waals surface area contributed by atoms with Crippen molar-refractivity contribution in [2.75, 3.05) is 11.9 Å². The standard InChI is InChI=1S/C12H17N3O4/c1-9-5-3-6-11(10(9)2)13-8-4-7-12(14(16)17)15(18)19/h3,5-6,12-13H,4,7-8H2,1-2H3. The lowest BCUT2D eigenvalue weighted by atomic mass is 10.1. The topological polar surface area (TPSA) is 98.3 Å². The summed E-state index contributed by atoms with van der Waals surface area (Å²) in [6.45, 7) is 4.45. The van der Waals surface area contributed by atoms with Gasteiger partial charge in [0, 0.05) is 12.2 Å². The van der Waals surface area contributed by atoms with E-state index in [2.05, 4.69) is 5.32 Å². The molecule has 0 aliphatic carbocycles. The van der Waals surface area contributed by atoms with Crippen LogP contribution in [0, 0.1) is 34.1 Å². The Morgan fingerprint density at radius 3 is 2.42 bits per heavy atom. The molecule has 0 radical (unpaired) electrons. The summed E-state index contributed by atoms with van der Waals surface area (Å²) < 4.78 is 0. The molecule has 1 N–H and O–H groups in total. The Labute approximate surface area is 110 Å². The zero-order valence-electron chi connectivity index (χ0n) is 11.0. The average molecular weight is 267 g/mol. The molecule has 104 valence electrons. The molecule has 1 aromatic rings. The molecular weight excluding hydrogens is 250 g/mol. The van der Waals surface area contributed by atoms with Crippen LogP contribution in [0.4, 0.5) is 5.69 Å². The number of benzene rings is 1. The zero-order chi connectivity index (χ0) is 14.4. The van der Waals surface area contributed by atoms with Crippen LogP contribution in [0.2, 0.25) is 0 Å². The molecule has 0 aromatic heterocycles. The van der Waals surface area contributed by atoms with Crippen LogP contribution in [0.25, 0.3) is 0 Å². The maximum absolute atomic E-state index is 10.4. The normalized spacial score (nSPS) is 10.5. The first-order valence-electron chi connectivity index (χ1n) is 6.00. The SMILES string of the molecule is Cc1cccc(NCCCC([N+](=O)[O-])[N+](=O)[O-])c1C. The summed E-state index contributed by atoms with van der Waals surface area (Å²) in [6.07, 6.45) is -1.40. The van der Waals surface area contributed by atoms with E-state index in [0.717, 1.165) is 16.8 Å². The third-order valence-corrected chi connectivity index (χ3v) is 3.05. The van der Waals surface area contributed by atoms with Crippen molar-refractivity contribution in [1.82, 2.24) is 0 Å². The molecule has 0 spiro atoms. The number of nitrogens with zero attached hydrogens (tertiary/aromatic N) is 2. The second-order valence-corrected chi connectivity index (χ2v) is 4.37. The van der Waals surface area contributed by atoms with E-state index in [9.17, 15) is 20.2 Å². The molecule has 7 nitrogen and oxygen atoms in total. The third kappa shape index (κ3) is 4.20. The smallest absolute Gasteiger partial charge is 0.385 e. The molecule has 0 saturated heterocycles. The van der Waals surface area contributed by atoms with Gasteiger partial charge in [-0.3, -0.25) is 20.2 Å². The summed E-state index contributed by atoms with van der Waals surface area (Å²) in [7, 11) is 0. The highest BCUT2D eigenvalue weighted by molar-refractivity contribution is 5.53. The fourth-order valence-corrected chi connectivity index (χ4v) is 1.74. The number of aryl methyl sites for hydroxylation is 1. The quantitative estimate of drug-likeness (QED) is 0.354. The maximum atomic E-state index is 10.4. The lowest BCUT2D eigenvalue weighted by molar-refractivity contribution is -0.743. The molecule has 0 saturated carbocycles. The van der Waals surface area contributed by atoms with Crippen LogP contribution in [-0.4, -0.2) is 22.6 Å². The van der Waals surface area contributed by atoms with Crippen molar-refractivity contribution in [1.29, 1.82) is 0 Å². The van der Waals surface area contributed by atoms with E-state index < -0.39 is 16.0 Å². The number of hydrogen-bond donors (Lipinski definition) is 1. The van der Waals surface area contributed by atoms with Crippen LogP contribution in [-0.2, 0) is 0 Å². The van der Waals surface area contributed by atoms with Gasteiger partial charge in [-0.05, 0) is 37.5 Å². The Bertz CT molecular complexity index is 462. The van der Waals surface area contributed by atoms with Crippen molar-refractivity contribution < 1.29 is 9.85 Å². The van der Waals surface area contributed by atoms with Crippen LogP contribution in [0.5, 0.6) is 0 Å². The van der Waals surface area contributed by atoms with E-state index in [-0.39, 0.29) is 6.42 Å². The van der Waals surface area contributed by atoms with Gasteiger partial charge in [0.2, 0.25) is 0 Å². The molecule has 7 heteroatoms. The van der Waals surface area contributed by atoms with E-state index in [4.69, 9.17) is 0 Å². The Hall–Kier alpha value is -2.18. The minimum atomic E-state index is -1.71. The van der Waals surface area contributed by atoms with Crippen LogP contribution >= 0.6 is 0 Å². The van der Waals surface area contributed by atoms with E-state index in [1.165, 1.54) is 0 Å². The van der Waals surface area contributed by atoms with Gasteiger partial charge in [0.15, 0.2) is 0 Å². The lowest BCUT2D eigenvalue weighted by Gasteiger charge is -2.11. The highest BCUT2D eigenvalue weighted by Gasteiger charge is 2.30. The summed E-state index contributed by atoms with van der Waals surface area (Å²) in [5, 5.41) is 24.0. The third-order valence-electron chi connectivity index (χ3n) is 3.05. The van der Waals surface area contributed by atoms with Crippen molar-refractivity contribution in [3.63, 3.8) is 0 Å². The Kier molecular flexibility index (Phi) is 5.23. The Balaban J connectivity index is 2.44. The molecule has 0 fully saturated rings. The Morgan fingerprint density at radius 1 is 1.21 bits per heavy atom. The van der Waals surface area contributed by atoms with Crippen molar-refractivity contribution in [2.45, 2.75) is 32.9 Å². The van der Waals surface area contributed by atoms with Gasteiger partial charge in [-0.2, -0.15) is 0 Å². The maximum Gasteiger partial charge on any atom is 0.450 e. The largest absolute Gasteiger partial charge is 0.450 e. The summed E-state index contributed by atoms with van der Waals surface area (Å²) in [6, 6.07) is 5.83. The summed E-state index contributed by atoms with van der Waals surface area (Å²) in [5.41, 5.74) is 3.22. The van der Waals surface area contributed by atoms with E-state index >= 15 is 0 Å². The van der Waals surface area contributed by atoms with Crippen LogP contribution < -0.4 is 5.32 Å². The van der Waals surface area contributed by atoms with Crippen LogP contribution in [0.3, 0.4) is 0 Å². The zero-order valence-corrected chi connectivity index (χ0v) is 11.0. The van der Waals surface area contributed by atoms with Gasteiger partial charge in [0.25, 0.3) is 0 Å². The number of nitro groups is 2. The molecule has 0 unspecified atom stereocenters. The van der Waals surface area contributed by atoms with E-state index in [0.29, 0.717) is 13.0 Å². The Morgan fingerprint density at radius 2 is 1.84 bits per heavy atom. The molecular formula is C12H17N3O4. The fraction of sp³-hybridized carbons (Fsp3) is 0.500. The van der Waals surface area contributed by atoms with E-state index in [1.54, 1.807) is 0 Å². The van der Waals surface area contributed by atoms with Gasteiger partial charge in [-0.15, -0.1) is 0 Å². The van der Waals surface area contributed by atoms with Gasteiger partial charge < -0.3 is 5.32 Å². The van der Waals surface area contributed by atoms with Crippen molar-refractivity contribution in [2.24, 2.45) is 0 Å². The fourth-order valence-electron chi connectivity index (χ4n) is 1.74. The first-order valence-corrected chi connectivity index (χ1v) is 6.00. The molecule has 0 atom stereocenters. The number of anilines is 1. The predicted octanol–water partition coefficient (Wildman–Crippen LogP) is 2.38. The number of rotatable bonds is 7. The average Bonchev–Trinajstić information content (AvgIpc) is 2.33. The highest BCUT2D eigenvalue weighted by atomic mass is 16.7. The lowest BCUT2D eigenvalue weighted by Crippen LogP contribution is -2.29. The number of hydrogen-bond acceptors (Lipinski definition) is 5. The van der Waals surface area contributed by atoms with Gasteiger partial charge in [0.1, 0.15) is 0 Å². The molecule has 19 heavy (non-hydrogen) atoms. The molecule has 1 rings (SSSR count). The first kappa shape index (κ1) is 14.9. The number of nitrogens with one attached hydrogen (secondary N) is 1. The predicted molar refractivity (Wildman–Crippen MR) is 71.4 cm³/mol. The van der Waals surface area contributed by atoms with E-state index in [1.807, 2.05) is 32.0 Å². The van der Waals surface area contributed by atoms with Gasteiger partial charge in [-0.25, -0.2) is 0 Å². The summed E-state index contributed by atoms with van der Waals surface area (Å²) >= 11 is 0. The molecule has 0 amide bonds. The first-order chi connectivity index (χ1) is 8.93. The summed E-state index contributed by atoms with van der Waals surface area (Å²) in [5.74, 6) is 0. The minimum absolute atomic E-state index is 0.0716. The van der Waals surface area contributed by atoms with Gasteiger partial charge >= 0.3 is 6.17 Å². The molecule has 0 aliphatic heterocycles. The molecule has 1 aromatic carbocycles. The minimum Gasteiger partial charge on any atom is -0.385 e. The monoisotopic (exact) mass is 267 g/mol. The molecule has 0 bridgehead atoms. The van der Waals surface area contributed by atoms with Crippen molar-refractivity contribution in [3.8, 4) is 0 Å². The van der Waals surface area contributed by atoms with Crippen molar-refractivity contribution >= 4 is 5.69 Å².